The molecule has 19 heavy (non-hydrogen) atoms. The molecule has 0 aliphatic heterocycles. The number of nitrogens with one attached hydrogen (secondary N) is 1. The molecule has 6 nitrogen and oxygen atoms in total. The molecule has 0 aromatic heterocycles. The Morgan fingerprint density at radius 3 is 2.74 bits per heavy atom. The molecule has 0 saturated carbocycles. The Labute approximate surface area is 111 Å². The number of aliphatic hydroxyl groups excluding tert-OH is 1. The molecule has 0 fully saturated rings. The summed E-state index contributed by atoms with van der Waals surface area (Å²) in [5.41, 5.74) is 5.51. The minimum Gasteiger partial charge on any atom is -0.399 e. The lowest BCUT2D eigenvalue weighted by Crippen LogP contribution is -2.26. The Hall–Kier alpha value is -1.22. The minimum atomic E-state index is -3.89. The molecule has 0 unspecified atom stereocenters. The van der Waals surface area contributed by atoms with Gasteiger partial charge >= 0.3 is 0 Å². The molecule has 0 bridgehead atoms. The van der Waals surface area contributed by atoms with Crippen LogP contribution >= 0.6 is 0 Å². The molecule has 0 heterocycles. The van der Waals surface area contributed by atoms with E-state index < -0.39 is 20.7 Å². The highest BCUT2D eigenvalue weighted by Gasteiger charge is 2.18. The van der Waals surface area contributed by atoms with Crippen molar-refractivity contribution in [3.63, 3.8) is 0 Å². The van der Waals surface area contributed by atoms with E-state index in [0.717, 1.165) is 12.1 Å². The summed E-state index contributed by atoms with van der Waals surface area (Å²) in [6, 6.07) is 3.40. The van der Waals surface area contributed by atoms with Crippen molar-refractivity contribution < 1.29 is 22.7 Å². The van der Waals surface area contributed by atoms with Gasteiger partial charge in [-0.15, -0.1) is 0 Å². The van der Waals surface area contributed by atoms with E-state index in [-0.39, 0.29) is 25.4 Å². The van der Waals surface area contributed by atoms with Crippen LogP contribution in [0.15, 0.2) is 23.1 Å². The number of hydrogen-bond donors (Lipinski definition) is 3. The number of ether oxygens (including phenoxy) is 1. The van der Waals surface area contributed by atoms with Crippen molar-refractivity contribution >= 4 is 15.7 Å². The van der Waals surface area contributed by atoms with E-state index in [1.54, 1.807) is 0 Å². The van der Waals surface area contributed by atoms with Crippen LogP contribution in [0.2, 0.25) is 0 Å². The Morgan fingerprint density at radius 2 is 2.11 bits per heavy atom. The molecule has 1 rings (SSSR count). The first-order valence-electron chi connectivity index (χ1n) is 5.70. The van der Waals surface area contributed by atoms with E-state index in [9.17, 15) is 12.8 Å². The van der Waals surface area contributed by atoms with Crippen LogP contribution in [0.4, 0.5) is 10.1 Å². The fourth-order valence-corrected chi connectivity index (χ4v) is 2.49. The van der Waals surface area contributed by atoms with Crippen molar-refractivity contribution in [2.45, 2.75) is 11.3 Å². The number of benzene rings is 1. The molecule has 8 heteroatoms. The van der Waals surface area contributed by atoms with Crippen LogP contribution in [0.5, 0.6) is 0 Å². The highest BCUT2D eigenvalue weighted by atomic mass is 32.2. The summed E-state index contributed by atoms with van der Waals surface area (Å²) in [4.78, 5) is -0.432. The van der Waals surface area contributed by atoms with E-state index in [1.165, 1.54) is 6.07 Å². The van der Waals surface area contributed by atoms with Gasteiger partial charge in [-0.1, -0.05) is 0 Å². The molecule has 0 saturated heterocycles. The zero-order chi connectivity index (χ0) is 14.3. The van der Waals surface area contributed by atoms with Gasteiger partial charge in [-0.05, 0) is 24.6 Å². The van der Waals surface area contributed by atoms with Gasteiger partial charge in [0.05, 0.1) is 13.2 Å². The molecule has 4 N–H and O–H groups in total. The maximum absolute atomic E-state index is 13.5. The largest absolute Gasteiger partial charge is 0.399 e. The van der Waals surface area contributed by atoms with E-state index in [0.29, 0.717) is 13.0 Å². The summed E-state index contributed by atoms with van der Waals surface area (Å²) in [7, 11) is -3.89. The van der Waals surface area contributed by atoms with Crippen LogP contribution in [-0.4, -0.2) is 39.9 Å². The highest BCUT2D eigenvalue weighted by Crippen LogP contribution is 2.16. The number of sulfonamides is 1. The molecule has 0 amide bonds. The van der Waals surface area contributed by atoms with E-state index in [1.807, 2.05) is 0 Å². The zero-order valence-electron chi connectivity index (χ0n) is 10.3. The quantitative estimate of drug-likeness (QED) is 0.465. The van der Waals surface area contributed by atoms with Gasteiger partial charge in [0.1, 0.15) is 10.7 Å². The van der Waals surface area contributed by atoms with Gasteiger partial charge in [-0.25, -0.2) is 17.5 Å². The first-order valence-corrected chi connectivity index (χ1v) is 7.19. The van der Waals surface area contributed by atoms with Crippen molar-refractivity contribution in [1.82, 2.24) is 4.72 Å². The van der Waals surface area contributed by atoms with Crippen LogP contribution in [-0.2, 0) is 14.8 Å². The molecule has 0 spiro atoms. The van der Waals surface area contributed by atoms with Crippen molar-refractivity contribution in [3.8, 4) is 0 Å². The SMILES string of the molecule is Nc1ccc(S(=O)(=O)NCCCOCCO)c(F)c1. The topological polar surface area (TPSA) is 102 Å². The van der Waals surface area contributed by atoms with Crippen LogP contribution in [0.1, 0.15) is 6.42 Å². The number of halogens is 1. The maximum Gasteiger partial charge on any atom is 0.243 e. The summed E-state index contributed by atoms with van der Waals surface area (Å²) in [6.07, 6.45) is 0.426. The lowest BCUT2D eigenvalue weighted by Gasteiger charge is -2.08. The Bertz CT molecular complexity index is 507. The lowest BCUT2D eigenvalue weighted by atomic mass is 10.3. The number of nitrogens with two attached hydrogens (primary N) is 1. The molecular formula is C11H17FN2O4S. The monoisotopic (exact) mass is 292 g/mol. The van der Waals surface area contributed by atoms with E-state index in [4.69, 9.17) is 15.6 Å². The minimum absolute atomic E-state index is 0.0810. The molecule has 0 aliphatic carbocycles. The normalized spacial score (nSPS) is 11.7. The second kappa shape index (κ2) is 7.39. The van der Waals surface area contributed by atoms with Crippen molar-refractivity contribution in [2.24, 2.45) is 0 Å². The van der Waals surface area contributed by atoms with Gasteiger partial charge in [0.15, 0.2) is 0 Å². The molecular weight excluding hydrogens is 275 g/mol. The van der Waals surface area contributed by atoms with E-state index >= 15 is 0 Å². The maximum atomic E-state index is 13.5. The second-order valence-corrected chi connectivity index (χ2v) is 5.51. The van der Waals surface area contributed by atoms with Gasteiger partial charge in [0.2, 0.25) is 10.0 Å². The number of nitrogen functional groups attached to an aromatic ring is 1. The summed E-state index contributed by atoms with van der Waals surface area (Å²) >= 11 is 0. The fraction of sp³-hybridized carbons (Fsp3) is 0.455. The zero-order valence-corrected chi connectivity index (χ0v) is 11.1. The van der Waals surface area contributed by atoms with Crippen molar-refractivity contribution in [2.75, 3.05) is 32.1 Å². The summed E-state index contributed by atoms with van der Waals surface area (Å²) < 4.78 is 44.3. The van der Waals surface area contributed by atoms with Crippen LogP contribution < -0.4 is 10.5 Å². The molecule has 0 atom stereocenters. The van der Waals surface area contributed by atoms with Gasteiger partial charge in [0.25, 0.3) is 0 Å². The predicted octanol–water partition coefficient (Wildman–Crippen LogP) is 0.0852. The van der Waals surface area contributed by atoms with Crippen molar-refractivity contribution in [3.05, 3.63) is 24.0 Å². The van der Waals surface area contributed by atoms with Gasteiger partial charge < -0.3 is 15.6 Å². The number of rotatable bonds is 8. The summed E-state index contributed by atoms with van der Waals surface area (Å²) in [5, 5.41) is 8.47. The van der Waals surface area contributed by atoms with E-state index in [2.05, 4.69) is 4.72 Å². The molecule has 108 valence electrons. The molecule has 1 aromatic rings. The van der Waals surface area contributed by atoms with Crippen molar-refractivity contribution in [1.29, 1.82) is 0 Å². The Balaban J connectivity index is 2.52. The molecule has 0 radical (unpaired) electrons. The molecule has 0 aliphatic rings. The smallest absolute Gasteiger partial charge is 0.243 e. The fourth-order valence-electron chi connectivity index (χ4n) is 1.36. The second-order valence-electron chi connectivity index (χ2n) is 3.78. The third-order valence-corrected chi connectivity index (χ3v) is 3.73. The number of anilines is 1. The Morgan fingerprint density at radius 1 is 1.37 bits per heavy atom. The third-order valence-electron chi connectivity index (χ3n) is 2.24. The van der Waals surface area contributed by atoms with Gasteiger partial charge in [-0.3, -0.25) is 0 Å². The molecule has 1 aromatic carbocycles. The van der Waals surface area contributed by atoms with Crippen LogP contribution in [0, 0.1) is 5.82 Å². The highest BCUT2D eigenvalue weighted by molar-refractivity contribution is 7.89. The first-order chi connectivity index (χ1) is 8.97. The third kappa shape index (κ3) is 5.11. The number of aliphatic hydroxyl groups is 1. The summed E-state index contributed by atoms with van der Waals surface area (Å²) in [5.74, 6) is -0.885. The first kappa shape index (κ1) is 15.8. The average molecular weight is 292 g/mol. The average Bonchev–Trinajstić information content (AvgIpc) is 2.33. The number of hydrogen-bond acceptors (Lipinski definition) is 5. The summed E-state index contributed by atoms with van der Waals surface area (Å²) in [6.45, 7) is 0.562. The standard InChI is InChI=1S/C11H17FN2O4S/c12-10-8-9(13)2-3-11(10)19(16,17)14-4-1-6-18-7-5-15/h2-3,8,14-15H,1,4-7,13H2. The predicted molar refractivity (Wildman–Crippen MR) is 68.5 cm³/mol. The van der Waals surface area contributed by atoms with Crippen LogP contribution in [0.25, 0.3) is 0 Å². The Kier molecular flexibility index (Phi) is 6.16. The van der Waals surface area contributed by atoms with Crippen LogP contribution in [0.3, 0.4) is 0 Å². The van der Waals surface area contributed by atoms with Gasteiger partial charge in [0, 0.05) is 18.8 Å². The lowest BCUT2D eigenvalue weighted by molar-refractivity contribution is 0.0913. The van der Waals surface area contributed by atoms with Gasteiger partial charge in [-0.2, -0.15) is 0 Å².